The summed E-state index contributed by atoms with van der Waals surface area (Å²) in [7, 11) is -2.95. The maximum absolute atomic E-state index is 15.7. The van der Waals surface area contributed by atoms with Crippen LogP contribution in [0, 0.1) is 17.5 Å². The lowest BCUT2D eigenvalue weighted by Gasteiger charge is -2.41. The largest absolute Gasteiger partial charge is 0.389 e. The molecule has 3 amide bonds. The second kappa shape index (κ2) is 19.9. The standard InChI is InChI=1S/C45H49F3N10O9S2/c1-3-55(2)69(66,67)54-34-6-5-32(46)39(40(34)48)41(61)31-24-50-42-30(31)19-27(22-49-42)26-18-28(25-68(64)65)43(51-23-26)58-16-14-57(15-17-58)38(60)21-45(63)10-12-56(13-11-45)36-8-4-29(20-33(36)47)52-35-7-9-37(59)53-44(35)62/h4-6,8,18-20,22-24,35,52,54,63H,3,7,9-17,21,25H2,1-2H3,(H,49,50)(H,64,65)(H,53,59,62). The predicted molar refractivity (Wildman–Crippen MR) is 250 cm³/mol. The molecule has 2 atom stereocenters. The molecule has 19 nitrogen and oxygen atoms in total. The van der Waals surface area contributed by atoms with Crippen LogP contribution in [0.4, 0.5) is 36.1 Å². The summed E-state index contributed by atoms with van der Waals surface area (Å²) in [5.41, 5.74) is -0.924. The molecule has 6 N–H and O–H groups in total. The minimum absolute atomic E-state index is 0.0594. The zero-order chi connectivity index (χ0) is 49.4. The van der Waals surface area contributed by atoms with Crippen molar-refractivity contribution < 1.29 is 54.6 Å². The van der Waals surface area contributed by atoms with E-state index >= 15 is 13.2 Å². The van der Waals surface area contributed by atoms with Crippen molar-refractivity contribution in [2.24, 2.45) is 0 Å². The number of aromatic nitrogens is 3. The molecule has 366 valence electrons. The average Bonchev–Trinajstić information content (AvgIpc) is 3.74. The lowest BCUT2D eigenvalue weighted by Crippen LogP contribution is -2.52. The van der Waals surface area contributed by atoms with E-state index in [1.165, 1.54) is 31.7 Å². The number of carbonyl (C=O) groups excluding carboxylic acids is 4. The number of benzene rings is 2. The fourth-order valence-electron chi connectivity index (χ4n) is 8.68. The summed E-state index contributed by atoms with van der Waals surface area (Å²) in [6, 6.07) is 8.72. The van der Waals surface area contributed by atoms with Gasteiger partial charge in [0.15, 0.2) is 16.9 Å². The van der Waals surface area contributed by atoms with Crippen molar-refractivity contribution in [3.63, 3.8) is 0 Å². The maximum Gasteiger partial charge on any atom is 0.301 e. The van der Waals surface area contributed by atoms with Gasteiger partial charge in [-0.25, -0.2) is 27.3 Å². The third kappa shape index (κ3) is 10.6. The van der Waals surface area contributed by atoms with Gasteiger partial charge in [0.2, 0.25) is 23.5 Å². The number of H-pyrrole nitrogens is 1. The monoisotopic (exact) mass is 994 g/mol. The van der Waals surface area contributed by atoms with Crippen LogP contribution in [-0.4, -0.2) is 134 Å². The summed E-state index contributed by atoms with van der Waals surface area (Å²) >= 11 is -2.29. The molecule has 5 aromatic rings. The zero-order valence-corrected chi connectivity index (χ0v) is 39.1. The van der Waals surface area contributed by atoms with Crippen molar-refractivity contribution in [2.45, 2.75) is 56.4 Å². The van der Waals surface area contributed by atoms with Crippen LogP contribution in [0.3, 0.4) is 0 Å². The fourth-order valence-corrected chi connectivity index (χ4v) is 10.1. The number of hydrogen-bond donors (Lipinski definition) is 6. The molecule has 24 heteroatoms. The minimum Gasteiger partial charge on any atom is -0.389 e. The van der Waals surface area contributed by atoms with E-state index in [0.29, 0.717) is 66.5 Å². The molecule has 2 aromatic carbocycles. The number of hydrogen-bond acceptors (Lipinski definition) is 13. The van der Waals surface area contributed by atoms with Crippen molar-refractivity contribution >= 4 is 78.7 Å². The Hall–Kier alpha value is -6.47. The van der Waals surface area contributed by atoms with Crippen LogP contribution in [0.15, 0.2) is 61.1 Å². The van der Waals surface area contributed by atoms with Crippen LogP contribution in [0.1, 0.15) is 60.5 Å². The van der Waals surface area contributed by atoms with Gasteiger partial charge in [-0.3, -0.25) is 29.2 Å². The van der Waals surface area contributed by atoms with Crippen LogP contribution in [0.5, 0.6) is 0 Å². The summed E-state index contributed by atoms with van der Waals surface area (Å²) in [4.78, 5) is 68.1. The Bertz CT molecular complexity index is 2980. The number of ketones is 1. The summed E-state index contributed by atoms with van der Waals surface area (Å²) < 4.78 is 96.5. The van der Waals surface area contributed by atoms with Crippen LogP contribution < -0.4 is 25.2 Å². The van der Waals surface area contributed by atoms with E-state index in [1.54, 1.807) is 41.0 Å². The summed E-state index contributed by atoms with van der Waals surface area (Å²) in [6.07, 6.45) is 4.97. The molecular weight excluding hydrogens is 946 g/mol. The number of nitrogens with zero attached hydrogens (tertiary/aromatic N) is 6. The number of anilines is 4. The molecule has 69 heavy (non-hydrogen) atoms. The van der Waals surface area contributed by atoms with Gasteiger partial charge in [0.1, 0.15) is 29.1 Å². The SMILES string of the molecule is CCN(C)S(=O)(=O)Nc1ccc(F)c(C(=O)c2c[nH]c3ncc(-c4cnc(N5CCN(C(=O)CC6(O)CCN(c7ccc(NC8CCC(=O)NC8=O)cc7F)CC6)CC5)c(CS(=O)O)c4)cc23)c1F. The van der Waals surface area contributed by atoms with E-state index in [2.05, 4.69) is 25.6 Å². The number of carbonyl (C=O) groups is 4. The van der Waals surface area contributed by atoms with Gasteiger partial charge in [-0.15, -0.1) is 0 Å². The number of imide groups is 1. The van der Waals surface area contributed by atoms with Crippen molar-refractivity contribution in [1.82, 2.24) is 29.5 Å². The number of rotatable bonds is 15. The second-order valence-electron chi connectivity index (χ2n) is 17.2. The van der Waals surface area contributed by atoms with E-state index in [4.69, 9.17) is 0 Å². The number of aromatic amines is 1. The molecule has 3 saturated heterocycles. The van der Waals surface area contributed by atoms with Crippen LogP contribution >= 0.6 is 0 Å². The molecule has 3 aliphatic rings. The van der Waals surface area contributed by atoms with Gasteiger partial charge in [0.25, 0.3) is 0 Å². The van der Waals surface area contributed by atoms with Gasteiger partial charge in [0, 0.05) is 111 Å². The van der Waals surface area contributed by atoms with Crippen molar-refractivity contribution in [3.8, 4) is 11.1 Å². The number of fused-ring (bicyclic) bond motifs is 1. The van der Waals surface area contributed by atoms with E-state index in [0.717, 1.165) is 16.4 Å². The molecular formula is C45H49F3N10O9S2. The molecule has 8 rings (SSSR count). The summed E-state index contributed by atoms with van der Waals surface area (Å²) in [5.74, 6) is -5.20. The first-order valence-electron chi connectivity index (χ1n) is 22.0. The normalized spacial score (nSPS) is 18.1. The molecule has 3 aliphatic heterocycles. The summed E-state index contributed by atoms with van der Waals surface area (Å²) in [5, 5.41) is 16.9. The third-order valence-electron chi connectivity index (χ3n) is 12.7. The molecule has 0 radical (unpaired) electrons. The summed E-state index contributed by atoms with van der Waals surface area (Å²) in [6.45, 7) is 3.38. The van der Waals surface area contributed by atoms with E-state index < -0.39 is 73.3 Å². The number of piperazine rings is 1. The van der Waals surface area contributed by atoms with Gasteiger partial charge >= 0.3 is 10.2 Å². The Morgan fingerprint density at radius 2 is 1.67 bits per heavy atom. The highest BCUT2D eigenvalue weighted by molar-refractivity contribution is 7.90. The molecule has 6 heterocycles. The Kier molecular flexibility index (Phi) is 14.1. The highest BCUT2D eigenvalue weighted by Crippen LogP contribution is 2.34. The highest BCUT2D eigenvalue weighted by Gasteiger charge is 2.38. The Labute approximate surface area is 396 Å². The van der Waals surface area contributed by atoms with Gasteiger partial charge in [-0.05, 0) is 61.7 Å². The number of piperidine rings is 2. The van der Waals surface area contributed by atoms with E-state index in [1.807, 2.05) is 9.62 Å². The van der Waals surface area contributed by atoms with Crippen molar-refractivity contribution in [1.29, 1.82) is 0 Å². The number of amides is 3. The van der Waals surface area contributed by atoms with Crippen molar-refractivity contribution in [2.75, 3.05) is 72.7 Å². The van der Waals surface area contributed by atoms with Gasteiger partial charge in [0.05, 0.1) is 34.7 Å². The highest BCUT2D eigenvalue weighted by atomic mass is 32.2. The van der Waals surface area contributed by atoms with Gasteiger partial charge in [-0.1, -0.05) is 6.92 Å². The number of nitrogens with one attached hydrogen (secondary N) is 4. The molecule has 0 saturated carbocycles. The molecule has 2 unspecified atom stereocenters. The number of pyridine rings is 2. The number of aliphatic hydroxyl groups is 1. The first-order chi connectivity index (χ1) is 32.8. The Morgan fingerprint density at radius 3 is 2.35 bits per heavy atom. The van der Waals surface area contributed by atoms with Gasteiger partial charge < -0.3 is 34.7 Å². The average molecular weight is 995 g/mol. The predicted octanol–water partition coefficient (Wildman–Crippen LogP) is 3.89. The second-order valence-corrected chi connectivity index (χ2v) is 19.9. The molecule has 3 aromatic heterocycles. The zero-order valence-electron chi connectivity index (χ0n) is 37.4. The Balaban J connectivity index is 0.906. The lowest BCUT2D eigenvalue weighted by molar-refractivity contribution is -0.138. The number of halogens is 3. The topological polar surface area (TPSA) is 251 Å². The van der Waals surface area contributed by atoms with Crippen LogP contribution in [0.2, 0.25) is 0 Å². The fraction of sp³-hybridized carbons (Fsp3) is 0.378. The first-order valence-corrected chi connectivity index (χ1v) is 24.7. The minimum atomic E-state index is -4.21. The van der Waals surface area contributed by atoms with E-state index in [9.17, 15) is 41.5 Å². The lowest BCUT2D eigenvalue weighted by atomic mass is 9.87. The maximum atomic E-state index is 15.7. The van der Waals surface area contributed by atoms with Gasteiger partial charge in [-0.2, -0.15) is 12.7 Å². The molecule has 3 fully saturated rings. The van der Waals surface area contributed by atoms with E-state index in [-0.39, 0.29) is 79.5 Å². The molecule has 0 aliphatic carbocycles. The molecule has 0 spiro atoms. The smallest absolute Gasteiger partial charge is 0.301 e. The Morgan fingerprint density at radius 1 is 0.957 bits per heavy atom. The quantitative estimate of drug-likeness (QED) is 0.0495. The van der Waals surface area contributed by atoms with Crippen LogP contribution in [0.25, 0.3) is 22.2 Å². The van der Waals surface area contributed by atoms with Crippen molar-refractivity contribution in [3.05, 3.63) is 95.2 Å². The first kappa shape index (κ1) is 49.0. The van der Waals surface area contributed by atoms with Crippen LogP contribution in [-0.2, 0) is 41.4 Å². The molecule has 0 bridgehead atoms. The third-order valence-corrected chi connectivity index (χ3v) is 14.8.